The number of rotatable bonds is 10. The van der Waals surface area contributed by atoms with Gasteiger partial charge in [-0.15, -0.1) is 11.3 Å². The Balaban J connectivity index is 2.63. The number of ketones is 1. The van der Waals surface area contributed by atoms with Gasteiger partial charge in [0, 0.05) is 25.3 Å². The van der Waals surface area contributed by atoms with E-state index in [0.29, 0.717) is 9.21 Å². The number of carbonyl (C=O) groups is 3. The fraction of sp³-hybridized carbons (Fsp3) is 0.400. The third kappa shape index (κ3) is 5.86. The Bertz CT molecular complexity index is 671. The van der Waals surface area contributed by atoms with E-state index in [1.165, 1.54) is 0 Å². The number of thiophene rings is 1. The summed E-state index contributed by atoms with van der Waals surface area (Å²) < 4.78 is 0.484. The molecule has 130 valence electrons. The number of hydrogen-bond donors (Lipinski definition) is 4. The number of amides is 1. The largest absolute Gasteiger partial charge is 0.477 e. The fourth-order valence-electron chi connectivity index (χ4n) is 1.98. The van der Waals surface area contributed by atoms with Crippen molar-refractivity contribution in [3.63, 3.8) is 0 Å². The summed E-state index contributed by atoms with van der Waals surface area (Å²) in [7, 11) is 0. The monoisotopic (exact) mass is 371 g/mol. The molecule has 0 radical (unpaired) electrons. The van der Waals surface area contributed by atoms with E-state index in [9.17, 15) is 14.4 Å². The molecule has 0 aromatic carbocycles. The average molecular weight is 372 g/mol. The number of Topliss-reactive ketones (excluding diaryl/α,β-unsaturated/α-hetero) is 1. The highest BCUT2D eigenvalue weighted by Gasteiger charge is 2.24. The highest BCUT2D eigenvalue weighted by molar-refractivity contribution is 7.17. The van der Waals surface area contributed by atoms with E-state index < -0.39 is 17.6 Å². The van der Waals surface area contributed by atoms with Crippen molar-refractivity contribution in [3.8, 4) is 0 Å². The lowest BCUT2D eigenvalue weighted by atomic mass is 9.91. The number of aliphatic carboxylic acids is 1. The number of carbonyl (C=O) groups excluding carboxylic acids is 2. The lowest BCUT2D eigenvalue weighted by Gasteiger charge is -2.16. The first-order valence-electron chi connectivity index (χ1n) is 7.22. The Morgan fingerprint density at radius 3 is 2.50 bits per heavy atom. The molecule has 1 atom stereocenters. The smallest absolute Gasteiger partial charge is 0.349 e. The minimum absolute atomic E-state index is 0.126. The van der Waals surface area contributed by atoms with E-state index in [2.05, 4.69) is 5.32 Å². The van der Waals surface area contributed by atoms with Gasteiger partial charge in [-0.1, -0.05) is 18.5 Å². The number of hydrogen-bond acceptors (Lipinski definition) is 6. The summed E-state index contributed by atoms with van der Waals surface area (Å²) in [4.78, 5) is 34.8. The molecule has 1 amide bonds. The molecular formula is C15H18ClN3O4S. The van der Waals surface area contributed by atoms with Gasteiger partial charge >= 0.3 is 5.97 Å². The standard InChI is InChI=1S/C15H18ClN3O4S/c1-2-10(20)9(17)7-8(13(18)15(22)23)5-6-19-14(21)11-3-4-12(16)24-11/h3-4,8,17-18H,2,5-7H2,1H3,(H,19,21)(H,22,23)/t8-/m0/s1. The lowest BCUT2D eigenvalue weighted by Crippen LogP contribution is -2.31. The number of nitrogens with one attached hydrogen (secondary N) is 3. The minimum atomic E-state index is -1.40. The zero-order valence-electron chi connectivity index (χ0n) is 13.0. The molecule has 1 heterocycles. The van der Waals surface area contributed by atoms with Crippen LogP contribution in [0.1, 0.15) is 35.9 Å². The summed E-state index contributed by atoms with van der Waals surface area (Å²) in [5.74, 6) is -2.92. The summed E-state index contributed by atoms with van der Waals surface area (Å²) in [5.41, 5.74) is -0.776. The summed E-state index contributed by atoms with van der Waals surface area (Å²) in [6, 6.07) is 3.18. The zero-order chi connectivity index (χ0) is 18.3. The zero-order valence-corrected chi connectivity index (χ0v) is 14.6. The van der Waals surface area contributed by atoms with Gasteiger partial charge in [-0.05, 0) is 18.6 Å². The van der Waals surface area contributed by atoms with Crippen LogP contribution in [-0.4, -0.2) is 40.7 Å². The van der Waals surface area contributed by atoms with Gasteiger partial charge < -0.3 is 15.8 Å². The number of halogens is 1. The van der Waals surface area contributed by atoms with E-state index in [1.807, 2.05) is 0 Å². The molecule has 0 saturated carbocycles. The number of carboxylic acid groups (broad SMARTS) is 1. The van der Waals surface area contributed by atoms with Crippen molar-refractivity contribution in [2.24, 2.45) is 5.92 Å². The van der Waals surface area contributed by atoms with Gasteiger partial charge in [0.05, 0.1) is 14.9 Å². The quantitative estimate of drug-likeness (QED) is 0.470. The average Bonchev–Trinajstić information content (AvgIpc) is 2.98. The Morgan fingerprint density at radius 1 is 1.33 bits per heavy atom. The fourth-order valence-corrected chi connectivity index (χ4v) is 2.94. The summed E-state index contributed by atoms with van der Waals surface area (Å²) >= 11 is 6.88. The van der Waals surface area contributed by atoms with Gasteiger partial charge in [0.2, 0.25) is 0 Å². The van der Waals surface area contributed by atoms with E-state index in [1.54, 1.807) is 19.1 Å². The lowest BCUT2D eigenvalue weighted by molar-refractivity contribution is -0.129. The summed E-state index contributed by atoms with van der Waals surface area (Å²) in [6.45, 7) is 1.74. The maximum absolute atomic E-state index is 11.9. The first kappa shape index (κ1) is 20.0. The van der Waals surface area contributed by atoms with E-state index in [0.717, 1.165) is 11.3 Å². The Labute approximate surface area is 148 Å². The Morgan fingerprint density at radius 2 is 2.00 bits per heavy atom. The molecule has 0 aliphatic carbocycles. The van der Waals surface area contributed by atoms with Crippen molar-refractivity contribution in [2.75, 3.05) is 6.54 Å². The van der Waals surface area contributed by atoms with Crippen LogP contribution in [0.25, 0.3) is 0 Å². The Kier molecular flexibility index (Phi) is 7.73. The highest BCUT2D eigenvalue weighted by Crippen LogP contribution is 2.21. The molecular weight excluding hydrogens is 354 g/mol. The SMILES string of the molecule is CCC(=O)C(=N)C[C@H](CCNC(=O)c1ccc(Cl)s1)C(=N)C(=O)O. The van der Waals surface area contributed by atoms with Crippen LogP contribution in [0.5, 0.6) is 0 Å². The topological polar surface area (TPSA) is 131 Å². The van der Waals surface area contributed by atoms with Crippen molar-refractivity contribution < 1.29 is 19.5 Å². The van der Waals surface area contributed by atoms with Gasteiger partial charge in [-0.3, -0.25) is 15.0 Å². The van der Waals surface area contributed by atoms with Gasteiger partial charge in [0.15, 0.2) is 5.78 Å². The van der Waals surface area contributed by atoms with Crippen molar-refractivity contribution in [2.45, 2.75) is 26.2 Å². The molecule has 0 aliphatic rings. The molecule has 7 nitrogen and oxygen atoms in total. The van der Waals surface area contributed by atoms with E-state index in [-0.39, 0.29) is 43.2 Å². The van der Waals surface area contributed by atoms with Crippen LogP contribution in [0.2, 0.25) is 4.34 Å². The van der Waals surface area contributed by atoms with Crippen LogP contribution in [0.15, 0.2) is 12.1 Å². The normalized spacial score (nSPS) is 11.6. The molecule has 1 aromatic rings. The van der Waals surface area contributed by atoms with Crippen molar-refractivity contribution in [1.29, 1.82) is 10.8 Å². The molecule has 1 aromatic heterocycles. The third-order valence-corrected chi connectivity index (χ3v) is 4.55. The maximum atomic E-state index is 11.9. The second kappa shape index (κ2) is 9.29. The van der Waals surface area contributed by atoms with Gasteiger partial charge in [0.1, 0.15) is 5.71 Å². The second-order valence-electron chi connectivity index (χ2n) is 5.02. The van der Waals surface area contributed by atoms with E-state index >= 15 is 0 Å². The minimum Gasteiger partial charge on any atom is -0.477 e. The summed E-state index contributed by atoms with van der Waals surface area (Å²) in [5, 5.41) is 26.9. The highest BCUT2D eigenvalue weighted by atomic mass is 35.5. The van der Waals surface area contributed by atoms with Crippen molar-refractivity contribution in [3.05, 3.63) is 21.3 Å². The first-order chi connectivity index (χ1) is 11.3. The van der Waals surface area contributed by atoms with Crippen molar-refractivity contribution in [1.82, 2.24) is 5.32 Å². The first-order valence-corrected chi connectivity index (χ1v) is 8.41. The second-order valence-corrected chi connectivity index (χ2v) is 6.74. The van der Waals surface area contributed by atoms with E-state index in [4.69, 9.17) is 27.5 Å². The molecule has 4 N–H and O–H groups in total. The summed E-state index contributed by atoms with van der Waals surface area (Å²) in [6.07, 6.45) is 0.176. The molecule has 24 heavy (non-hydrogen) atoms. The van der Waals surface area contributed by atoms with Gasteiger partial charge in [-0.2, -0.15) is 0 Å². The predicted molar refractivity (Wildman–Crippen MR) is 92.8 cm³/mol. The molecule has 0 spiro atoms. The molecule has 0 saturated heterocycles. The maximum Gasteiger partial charge on any atom is 0.349 e. The third-order valence-electron chi connectivity index (χ3n) is 3.32. The van der Waals surface area contributed by atoms with Gasteiger partial charge in [0.25, 0.3) is 5.91 Å². The predicted octanol–water partition coefficient (Wildman–Crippen LogP) is 2.63. The molecule has 0 aliphatic heterocycles. The van der Waals surface area contributed by atoms with Crippen LogP contribution in [-0.2, 0) is 9.59 Å². The molecule has 1 rings (SSSR count). The van der Waals surface area contributed by atoms with Crippen LogP contribution in [0, 0.1) is 16.7 Å². The van der Waals surface area contributed by atoms with Crippen LogP contribution < -0.4 is 5.32 Å². The van der Waals surface area contributed by atoms with Gasteiger partial charge in [-0.25, -0.2) is 4.79 Å². The van der Waals surface area contributed by atoms with Crippen LogP contribution in [0.4, 0.5) is 0 Å². The molecule has 0 unspecified atom stereocenters. The molecule has 0 fully saturated rings. The number of carboxylic acids is 1. The molecule has 9 heteroatoms. The molecule has 0 bridgehead atoms. The Hall–Kier alpha value is -2.06. The van der Waals surface area contributed by atoms with Crippen LogP contribution in [0.3, 0.4) is 0 Å². The van der Waals surface area contributed by atoms with Crippen molar-refractivity contribution >= 4 is 52.0 Å². The van der Waals surface area contributed by atoms with Crippen LogP contribution >= 0.6 is 22.9 Å².